The van der Waals surface area contributed by atoms with E-state index < -0.39 is 0 Å². The highest BCUT2D eigenvalue weighted by Gasteiger charge is 2.27. The highest BCUT2D eigenvalue weighted by molar-refractivity contribution is 8.16. The summed E-state index contributed by atoms with van der Waals surface area (Å²) in [5, 5.41) is 3.30. The zero-order chi connectivity index (χ0) is 12.7. The molecule has 4 heteroatoms. The third-order valence-electron chi connectivity index (χ3n) is 3.33. The van der Waals surface area contributed by atoms with Gasteiger partial charge in [0.05, 0.1) is 18.5 Å². The minimum atomic E-state index is 0.900. The Morgan fingerprint density at radius 1 is 1.16 bits per heavy atom. The summed E-state index contributed by atoms with van der Waals surface area (Å²) in [6.45, 7) is 1.89. The van der Waals surface area contributed by atoms with E-state index in [0.717, 1.165) is 29.6 Å². The standard InChI is InChI=1S/C15H12N2OS/c1-3-11(9-12(4-1)14-5-2-8-18-14)13-10-19-15-16-6-7-17(13)15/h1-5,8-10H,6-7H2. The predicted molar refractivity (Wildman–Crippen MR) is 78.7 cm³/mol. The summed E-state index contributed by atoms with van der Waals surface area (Å²) in [5.74, 6) is 0.906. The van der Waals surface area contributed by atoms with Crippen LogP contribution in [-0.4, -0.2) is 23.2 Å². The van der Waals surface area contributed by atoms with Crippen LogP contribution < -0.4 is 0 Å². The van der Waals surface area contributed by atoms with Gasteiger partial charge in [-0.05, 0) is 23.8 Å². The van der Waals surface area contributed by atoms with Gasteiger partial charge in [-0.3, -0.25) is 4.99 Å². The van der Waals surface area contributed by atoms with Gasteiger partial charge in [0, 0.05) is 17.5 Å². The number of hydrogen-bond donors (Lipinski definition) is 0. The summed E-state index contributed by atoms with van der Waals surface area (Å²) in [6, 6.07) is 12.4. The van der Waals surface area contributed by atoms with E-state index in [4.69, 9.17) is 4.42 Å². The Balaban J connectivity index is 1.73. The average molecular weight is 268 g/mol. The van der Waals surface area contributed by atoms with Crippen molar-refractivity contribution in [3.05, 3.63) is 53.6 Å². The fraction of sp³-hybridized carbons (Fsp3) is 0.133. The number of rotatable bonds is 2. The Labute approximate surface area is 115 Å². The number of fused-ring (bicyclic) bond motifs is 1. The first kappa shape index (κ1) is 10.9. The topological polar surface area (TPSA) is 28.7 Å². The van der Waals surface area contributed by atoms with Crippen LogP contribution in [0.5, 0.6) is 0 Å². The van der Waals surface area contributed by atoms with Crippen LogP contribution in [0.15, 0.2) is 57.5 Å². The van der Waals surface area contributed by atoms with Crippen LogP contribution in [0, 0.1) is 0 Å². The Hall–Kier alpha value is -1.94. The van der Waals surface area contributed by atoms with Crippen molar-refractivity contribution >= 4 is 22.6 Å². The first-order valence-electron chi connectivity index (χ1n) is 6.25. The van der Waals surface area contributed by atoms with Crippen molar-refractivity contribution in [1.82, 2.24) is 4.90 Å². The van der Waals surface area contributed by atoms with Gasteiger partial charge >= 0.3 is 0 Å². The number of amidine groups is 1. The number of benzene rings is 1. The molecule has 0 unspecified atom stereocenters. The highest BCUT2D eigenvalue weighted by Crippen LogP contribution is 2.36. The van der Waals surface area contributed by atoms with Crippen LogP contribution in [0.3, 0.4) is 0 Å². The van der Waals surface area contributed by atoms with Gasteiger partial charge < -0.3 is 9.32 Å². The predicted octanol–water partition coefficient (Wildman–Crippen LogP) is 3.66. The van der Waals surface area contributed by atoms with Gasteiger partial charge in [-0.25, -0.2) is 0 Å². The third kappa shape index (κ3) is 1.79. The molecule has 0 saturated heterocycles. The molecule has 2 aromatic rings. The van der Waals surface area contributed by atoms with Crippen molar-refractivity contribution in [3.8, 4) is 11.3 Å². The van der Waals surface area contributed by atoms with Crippen molar-refractivity contribution in [2.24, 2.45) is 4.99 Å². The monoisotopic (exact) mass is 268 g/mol. The SMILES string of the molecule is C1=C(c2cccc(-c3ccco3)c2)N2CCN=C2S1. The number of aliphatic imine (C=N–C) groups is 1. The second-order valence-corrected chi connectivity index (χ2v) is 5.33. The van der Waals surface area contributed by atoms with Crippen LogP contribution in [0.25, 0.3) is 17.0 Å². The molecule has 0 radical (unpaired) electrons. The van der Waals surface area contributed by atoms with E-state index in [2.05, 4.69) is 39.6 Å². The Kier molecular flexibility index (Phi) is 2.48. The largest absolute Gasteiger partial charge is 0.464 e. The normalized spacial score (nSPS) is 17.4. The lowest BCUT2D eigenvalue weighted by molar-refractivity contribution is 0.582. The minimum absolute atomic E-state index is 0.900. The van der Waals surface area contributed by atoms with Crippen molar-refractivity contribution < 1.29 is 4.42 Å². The summed E-state index contributed by atoms with van der Waals surface area (Å²) in [5.41, 5.74) is 3.57. The quantitative estimate of drug-likeness (QED) is 0.832. The second kappa shape index (κ2) is 4.31. The van der Waals surface area contributed by atoms with Crippen molar-refractivity contribution in [2.75, 3.05) is 13.1 Å². The molecule has 3 nitrogen and oxygen atoms in total. The molecule has 1 aromatic carbocycles. The minimum Gasteiger partial charge on any atom is -0.464 e. The summed E-state index contributed by atoms with van der Waals surface area (Å²) in [7, 11) is 0. The average Bonchev–Trinajstić information content (AvgIpc) is 3.16. The van der Waals surface area contributed by atoms with Crippen molar-refractivity contribution in [1.29, 1.82) is 0 Å². The van der Waals surface area contributed by atoms with E-state index in [0.29, 0.717) is 0 Å². The maximum absolute atomic E-state index is 5.46. The molecule has 4 rings (SSSR count). The third-order valence-corrected chi connectivity index (χ3v) is 4.23. The summed E-state index contributed by atoms with van der Waals surface area (Å²) >= 11 is 1.71. The Morgan fingerprint density at radius 3 is 3.00 bits per heavy atom. The Bertz CT molecular complexity index is 673. The molecule has 2 aliphatic rings. The smallest absolute Gasteiger partial charge is 0.168 e. The molecule has 0 N–H and O–H groups in total. The number of hydrogen-bond acceptors (Lipinski definition) is 4. The molecular formula is C15H12N2OS. The maximum Gasteiger partial charge on any atom is 0.168 e. The van der Waals surface area contributed by atoms with E-state index in [1.165, 1.54) is 11.3 Å². The van der Waals surface area contributed by atoms with Gasteiger partial charge in [-0.15, -0.1) is 0 Å². The molecule has 94 valence electrons. The first-order chi connectivity index (χ1) is 9.42. The molecule has 0 atom stereocenters. The molecule has 0 spiro atoms. The number of furan rings is 1. The van der Waals surface area contributed by atoms with Gasteiger partial charge in [0.2, 0.25) is 0 Å². The summed E-state index contributed by atoms with van der Waals surface area (Å²) in [6.07, 6.45) is 1.71. The van der Waals surface area contributed by atoms with Crippen LogP contribution >= 0.6 is 11.8 Å². The number of nitrogens with zero attached hydrogens (tertiary/aromatic N) is 2. The molecule has 0 fully saturated rings. The van der Waals surface area contributed by atoms with Gasteiger partial charge in [0.25, 0.3) is 0 Å². The number of thioether (sulfide) groups is 1. The summed E-state index contributed by atoms with van der Waals surface area (Å²) in [4.78, 5) is 6.76. The van der Waals surface area contributed by atoms with Crippen LogP contribution in [-0.2, 0) is 0 Å². The van der Waals surface area contributed by atoms with Crippen molar-refractivity contribution in [2.45, 2.75) is 0 Å². The van der Waals surface area contributed by atoms with Gasteiger partial charge in [-0.2, -0.15) is 0 Å². The molecule has 1 aromatic heterocycles. The van der Waals surface area contributed by atoms with E-state index in [9.17, 15) is 0 Å². The molecule has 0 saturated carbocycles. The Morgan fingerprint density at radius 2 is 2.11 bits per heavy atom. The molecule has 0 amide bonds. The molecule has 2 aliphatic heterocycles. The maximum atomic E-state index is 5.46. The van der Waals surface area contributed by atoms with E-state index in [1.54, 1.807) is 18.0 Å². The fourth-order valence-electron chi connectivity index (χ4n) is 2.42. The zero-order valence-electron chi connectivity index (χ0n) is 10.2. The molecule has 19 heavy (non-hydrogen) atoms. The van der Waals surface area contributed by atoms with Crippen LogP contribution in [0.2, 0.25) is 0 Å². The first-order valence-corrected chi connectivity index (χ1v) is 7.13. The van der Waals surface area contributed by atoms with E-state index >= 15 is 0 Å². The van der Waals surface area contributed by atoms with Gasteiger partial charge in [0.1, 0.15) is 5.76 Å². The molecule has 0 aliphatic carbocycles. The van der Waals surface area contributed by atoms with E-state index in [1.807, 2.05) is 12.1 Å². The van der Waals surface area contributed by atoms with Gasteiger partial charge in [0.15, 0.2) is 5.17 Å². The molecular weight excluding hydrogens is 256 g/mol. The van der Waals surface area contributed by atoms with Crippen molar-refractivity contribution in [3.63, 3.8) is 0 Å². The second-order valence-electron chi connectivity index (χ2n) is 4.49. The van der Waals surface area contributed by atoms with Crippen LogP contribution in [0.1, 0.15) is 5.56 Å². The fourth-order valence-corrected chi connectivity index (χ4v) is 3.38. The van der Waals surface area contributed by atoms with Crippen LogP contribution in [0.4, 0.5) is 0 Å². The molecule has 3 heterocycles. The summed E-state index contributed by atoms with van der Waals surface area (Å²) < 4.78 is 5.46. The molecule has 0 bridgehead atoms. The van der Waals surface area contributed by atoms with Gasteiger partial charge in [-0.1, -0.05) is 30.0 Å². The zero-order valence-corrected chi connectivity index (χ0v) is 11.1. The highest BCUT2D eigenvalue weighted by atomic mass is 32.2. The lowest BCUT2D eigenvalue weighted by Crippen LogP contribution is -2.19. The lowest BCUT2D eigenvalue weighted by atomic mass is 10.1. The lowest BCUT2D eigenvalue weighted by Gasteiger charge is -2.16. The van der Waals surface area contributed by atoms with E-state index in [-0.39, 0.29) is 0 Å².